The number of hydrogen-bond acceptors (Lipinski definition) is 3. The van der Waals surface area contributed by atoms with Crippen molar-refractivity contribution in [2.45, 2.75) is 6.92 Å². The molecule has 0 heterocycles. The minimum Gasteiger partial charge on any atom is -0.319 e. The number of rotatable bonds is 3. The van der Waals surface area contributed by atoms with Crippen LogP contribution in [0.25, 0.3) is 0 Å². The van der Waals surface area contributed by atoms with Crippen molar-refractivity contribution in [2.24, 2.45) is 0 Å². The molecule has 9 heavy (non-hydrogen) atoms. The molecule has 0 rings (SSSR count). The van der Waals surface area contributed by atoms with Crippen LogP contribution in [-0.2, 0) is 4.79 Å². The van der Waals surface area contributed by atoms with E-state index in [0.29, 0.717) is 5.57 Å². The number of aldehydes is 1. The van der Waals surface area contributed by atoms with Crippen LogP contribution in [-0.4, -0.2) is 25.4 Å². The summed E-state index contributed by atoms with van der Waals surface area (Å²) < 4.78 is 0. The Labute approximate surface area is 55.3 Å². The van der Waals surface area contributed by atoms with Crippen LogP contribution in [0.3, 0.4) is 0 Å². The first kappa shape index (κ1) is 8.17. The van der Waals surface area contributed by atoms with Gasteiger partial charge in [-0.05, 0) is 6.92 Å². The maximum absolute atomic E-state index is 10.0. The maximum atomic E-state index is 10.0. The highest BCUT2D eigenvalue weighted by Gasteiger charge is 1.85. The SMILES string of the molecule is CNN(C)C=C(C)C=O. The number of nitrogens with zero attached hydrogens (tertiary/aromatic N) is 1. The molecule has 0 bridgehead atoms. The minimum atomic E-state index is 0.701. The summed E-state index contributed by atoms with van der Waals surface area (Å²) in [6.45, 7) is 1.75. The van der Waals surface area contributed by atoms with Gasteiger partial charge in [0.15, 0.2) is 0 Å². The zero-order valence-corrected chi connectivity index (χ0v) is 6.01. The number of hydrogen-bond donors (Lipinski definition) is 1. The molecule has 0 aromatic heterocycles. The van der Waals surface area contributed by atoms with Crippen molar-refractivity contribution in [3.05, 3.63) is 11.8 Å². The van der Waals surface area contributed by atoms with Crippen LogP contribution in [0.2, 0.25) is 0 Å². The minimum absolute atomic E-state index is 0.701. The summed E-state index contributed by atoms with van der Waals surface area (Å²) in [4.78, 5) is 10.0. The van der Waals surface area contributed by atoms with Gasteiger partial charge in [-0.2, -0.15) is 0 Å². The fraction of sp³-hybridized carbons (Fsp3) is 0.500. The summed E-state index contributed by atoms with van der Waals surface area (Å²) in [5.74, 6) is 0. The molecule has 0 atom stereocenters. The second-order valence-electron chi connectivity index (χ2n) is 1.83. The van der Waals surface area contributed by atoms with Gasteiger partial charge in [0.1, 0.15) is 6.29 Å². The van der Waals surface area contributed by atoms with Crippen LogP contribution in [0.15, 0.2) is 11.8 Å². The van der Waals surface area contributed by atoms with Crippen LogP contribution < -0.4 is 5.43 Å². The van der Waals surface area contributed by atoms with E-state index in [0.717, 1.165) is 6.29 Å². The second kappa shape index (κ2) is 4.09. The van der Waals surface area contributed by atoms with E-state index in [-0.39, 0.29) is 0 Å². The number of carbonyl (C=O) groups excluding carboxylic acids is 1. The lowest BCUT2D eigenvalue weighted by atomic mass is 10.4. The third-order valence-electron chi connectivity index (χ3n) is 0.936. The lowest BCUT2D eigenvalue weighted by molar-refractivity contribution is -0.104. The topological polar surface area (TPSA) is 32.3 Å². The molecule has 3 nitrogen and oxygen atoms in total. The third-order valence-corrected chi connectivity index (χ3v) is 0.936. The number of allylic oxidation sites excluding steroid dienone is 1. The summed E-state index contributed by atoms with van der Waals surface area (Å²) in [6.07, 6.45) is 2.53. The molecule has 0 saturated carbocycles. The molecular formula is C6H12N2O. The van der Waals surface area contributed by atoms with Gasteiger partial charge < -0.3 is 5.01 Å². The van der Waals surface area contributed by atoms with Gasteiger partial charge in [0.05, 0.1) is 0 Å². The molecule has 3 heteroatoms. The maximum Gasteiger partial charge on any atom is 0.147 e. The molecule has 0 saturated heterocycles. The summed E-state index contributed by atoms with van der Waals surface area (Å²) in [7, 11) is 3.61. The average Bonchev–Trinajstić information content (AvgIpc) is 1.87. The quantitative estimate of drug-likeness (QED) is 0.334. The normalized spacial score (nSPS) is 11.2. The first-order valence-corrected chi connectivity index (χ1v) is 2.74. The van der Waals surface area contributed by atoms with Gasteiger partial charge in [0, 0.05) is 25.9 Å². The average molecular weight is 128 g/mol. The van der Waals surface area contributed by atoms with Gasteiger partial charge in [-0.15, -0.1) is 0 Å². The van der Waals surface area contributed by atoms with Gasteiger partial charge >= 0.3 is 0 Å². The fourth-order valence-corrected chi connectivity index (χ4v) is 0.400. The van der Waals surface area contributed by atoms with Crippen molar-refractivity contribution in [3.63, 3.8) is 0 Å². The summed E-state index contributed by atoms with van der Waals surface area (Å²) in [5, 5.41) is 1.71. The number of hydrazine groups is 1. The number of carbonyl (C=O) groups is 1. The highest BCUT2D eigenvalue weighted by molar-refractivity contribution is 5.71. The predicted molar refractivity (Wildman–Crippen MR) is 36.6 cm³/mol. The van der Waals surface area contributed by atoms with E-state index in [1.165, 1.54) is 0 Å². The molecule has 0 aliphatic rings. The molecule has 0 aromatic rings. The van der Waals surface area contributed by atoms with Crippen molar-refractivity contribution in [2.75, 3.05) is 14.1 Å². The van der Waals surface area contributed by atoms with Gasteiger partial charge in [0.25, 0.3) is 0 Å². The van der Waals surface area contributed by atoms with E-state index in [2.05, 4.69) is 5.43 Å². The van der Waals surface area contributed by atoms with Gasteiger partial charge in [-0.25, -0.2) is 5.43 Å². The Morgan fingerprint density at radius 1 is 1.67 bits per heavy atom. The van der Waals surface area contributed by atoms with Crippen molar-refractivity contribution in [1.29, 1.82) is 0 Å². The van der Waals surface area contributed by atoms with E-state index >= 15 is 0 Å². The second-order valence-corrected chi connectivity index (χ2v) is 1.83. The first-order chi connectivity index (χ1) is 4.20. The summed E-state index contributed by atoms with van der Waals surface area (Å²) in [5.41, 5.74) is 3.53. The van der Waals surface area contributed by atoms with Crippen LogP contribution in [0.5, 0.6) is 0 Å². The van der Waals surface area contributed by atoms with Crippen LogP contribution in [0.4, 0.5) is 0 Å². The largest absolute Gasteiger partial charge is 0.319 e. The Morgan fingerprint density at radius 2 is 2.22 bits per heavy atom. The molecule has 0 radical (unpaired) electrons. The van der Waals surface area contributed by atoms with E-state index in [9.17, 15) is 4.79 Å². The van der Waals surface area contributed by atoms with Crippen molar-refractivity contribution < 1.29 is 4.79 Å². The highest BCUT2D eigenvalue weighted by atomic mass is 16.1. The van der Waals surface area contributed by atoms with E-state index in [1.807, 2.05) is 7.05 Å². The molecule has 0 amide bonds. The first-order valence-electron chi connectivity index (χ1n) is 2.74. The molecule has 0 aliphatic heterocycles. The van der Waals surface area contributed by atoms with Gasteiger partial charge in [-0.3, -0.25) is 4.79 Å². The Hall–Kier alpha value is -0.830. The van der Waals surface area contributed by atoms with Gasteiger partial charge in [0.2, 0.25) is 0 Å². The smallest absolute Gasteiger partial charge is 0.147 e. The Kier molecular flexibility index (Phi) is 3.71. The Morgan fingerprint density at radius 3 is 2.56 bits per heavy atom. The molecule has 0 unspecified atom stereocenters. The molecule has 0 aromatic carbocycles. The molecule has 0 spiro atoms. The molecule has 52 valence electrons. The van der Waals surface area contributed by atoms with Crippen molar-refractivity contribution in [3.8, 4) is 0 Å². The van der Waals surface area contributed by atoms with E-state index in [4.69, 9.17) is 0 Å². The monoisotopic (exact) mass is 128 g/mol. The third kappa shape index (κ3) is 3.73. The predicted octanol–water partition coefficient (Wildman–Crippen LogP) is 0.155. The standard InChI is InChI=1S/C6H12N2O/c1-6(5-9)4-8(3)7-2/h4-5,7H,1-3H3. The Bertz CT molecular complexity index is 120. The van der Waals surface area contributed by atoms with Crippen LogP contribution in [0, 0.1) is 0 Å². The molecule has 0 fully saturated rings. The zero-order valence-electron chi connectivity index (χ0n) is 6.01. The molecule has 0 aliphatic carbocycles. The fourth-order valence-electron chi connectivity index (χ4n) is 0.400. The number of nitrogens with one attached hydrogen (secondary N) is 1. The van der Waals surface area contributed by atoms with Gasteiger partial charge in [-0.1, -0.05) is 0 Å². The summed E-state index contributed by atoms with van der Waals surface area (Å²) in [6, 6.07) is 0. The van der Waals surface area contributed by atoms with E-state index in [1.54, 1.807) is 25.2 Å². The Balaban J connectivity index is 3.78. The highest BCUT2D eigenvalue weighted by Crippen LogP contribution is 1.86. The van der Waals surface area contributed by atoms with Crippen molar-refractivity contribution in [1.82, 2.24) is 10.4 Å². The zero-order chi connectivity index (χ0) is 7.28. The summed E-state index contributed by atoms with van der Waals surface area (Å²) >= 11 is 0. The van der Waals surface area contributed by atoms with Crippen LogP contribution >= 0.6 is 0 Å². The molecular weight excluding hydrogens is 116 g/mol. The van der Waals surface area contributed by atoms with E-state index < -0.39 is 0 Å². The lowest BCUT2D eigenvalue weighted by Crippen LogP contribution is -2.25. The molecule has 1 N–H and O–H groups in total. The van der Waals surface area contributed by atoms with Crippen molar-refractivity contribution >= 4 is 6.29 Å². The van der Waals surface area contributed by atoms with Crippen LogP contribution in [0.1, 0.15) is 6.92 Å². The lowest BCUT2D eigenvalue weighted by Gasteiger charge is -2.10.